The SMILES string of the molecule is CCc1ccc2c(c1)C(C(F)(F)F)N(c1ccccc1)CC(=O)N2. The number of halogens is 3. The third-order valence-electron chi connectivity index (χ3n) is 4.12. The minimum Gasteiger partial charge on any atom is -0.347 e. The van der Waals surface area contributed by atoms with Crippen LogP contribution >= 0.6 is 0 Å². The first-order valence-electron chi connectivity index (χ1n) is 7.71. The molecule has 0 fully saturated rings. The summed E-state index contributed by atoms with van der Waals surface area (Å²) in [6, 6.07) is 11.2. The lowest BCUT2D eigenvalue weighted by Crippen LogP contribution is -2.40. The molecule has 0 aliphatic carbocycles. The van der Waals surface area contributed by atoms with Gasteiger partial charge >= 0.3 is 6.18 Å². The van der Waals surface area contributed by atoms with E-state index >= 15 is 0 Å². The molecule has 1 aliphatic rings. The molecule has 1 amide bonds. The Bertz CT molecular complexity index is 744. The molecule has 1 atom stereocenters. The first-order chi connectivity index (χ1) is 11.4. The predicted octanol–water partition coefficient (Wildman–Crippen LogP) is 4.31. The number of anilines is 2. The molecule has 0 bridgehead atoms. The zero-order chi connectivity index (χ0) is 17.3. The maximum Gasteiger partial charge on any atom is 0.413 e. The van der Waals surface area contributed by atoms with Gasteiger partial charge in [0.2, 0.25) is 5.91 Å². The van der Waals surface area contributed by atoms with Crippen LogP contribution in [0, 0.1) is 0 Å². The lowest BCUT2D eigenvalue weighted by Gasteiger charge is -2.33. The number of carbonyl (C=O) groups excluding carboxylic acids is 1. The van der Waals surface area contributed by atoms with Crippen molar-refractivity contribution in [1.82, 2.24) is 0 Å². The highest BCUT2D eigenvalue weighted by molar-refractivity contribution is 5.96. The summed E-state index contributed by atoms with van der Waals surface area (Å²) in [6.45, 7) is 1.53. The van der Waals surface area contributed by atoms with Gasteiger partial charge in [-0.25, -0.2) is 0 Å². The van der Waals surface area contributed by atoms with Crippen molar-refractivity contribution < 1.29 is 18.0 Å². The van der Waals surface area contributed by atoms with Gasteiger partial charge in [0.25, 0.3) is 0 Å². The van der Waals surface area contributed by atoms with Crippen LogP contribution < -0.4 is 10.2 Å². The second-order valence-electron chi connectivity index (χ2n) is 5.73. The van der Waals surface area contributed by atoms with E-state index in [1.807, 2.05) is 6.92 Å². The molecule has 3 nitrogen and oxygen atoms in total. The van der Waals surface area contributed by atoms with Gasteiger partial charge in [-0.05, 0) is 30.2 Å². The molecular weight excluding hydrogens is 317 g/mol. The summed E-state index contributed by atoms with van der Waals surface area (Å²) in [4.78, 5) is 13.2. The number of alkyl halides is 3. The molecule has 0 saturated heterocycles. The topological polar surface area (TPSA) is 32.3 Å². The van der Waals surface area contributed by atoms with Crippen LogP contribution in [-0.2, 0) is 11.2 Å². The summed E-state index contributed by atoms with van der Waals surface area (Å²) in [5.41, 5.74) is 1.46. The number of aryl methyl sites for hydroxylation is 1. The number of para-hydroxylation sites is 1. The van der Waals surface area contributed by atoms with Gasteiger partial charge in [0.1, 0.15) is 0 Å². The molecule has 0 spiro atoms. The summed E-state index contributed by atoms with van der Waals surface area (Å²) in [6.07, 6.45) is -3.89. The molecule has 2 aromatic rings. The summed E-state index contributed by atoms with van der Waals surface area (Å²) in [7, 11) is 0. The maximum absolute atomic E-state index is 13.9. The van der Waals surface area contributed by atoms with E-state index < -0.39 is 18.1 Å². The van der Waals surface area contributed by atoms with Gasteiger partial charge in [-0.1, -0.05) is 37.3 Å². The van der Waals surface area contributed by atoms with Gasteiger partial charge in [-0.15, -0.1) is 0 Å². The van der Waals surface area contributed by atoms with E-state index in [-0.39, 0.29) is 17.8 Å². The van der Waals surface area contributed by atoms with Gasteiger partial charge in [0, 0.05) is 16.9 Å². The normalized spacial score (nSPS) is 17.9. The monoisotopic (exact) mass is 334 g/mol. The molecular formula is C18H17F3N2O. The van der Waals surface area contributed by atoms with Crippen molar-refractivity contribution >= 4 is 17.3 Å². The number of hydrogen-bond donors (Lipinski definition) is 1. The predicted molar refractivity (Wildman–Crippen MR) is 87.0 cm³/mol. The van der Waals surface area contributed by atoms with E-state index in [1.165, 1.54) is 6.07 Å². The minimum absolute atomic E-state index is 0.0801. The van der Waals surface area contributed by atoms with Gasteiger partial charge in [0.15, 0.2) is 6.04 Å². The zero-order valence-electron chi connectivity index (χ0n) is 13.1. The van der Waals surface area contributed by atoms with Crippen molar-refractivity contribution in [3.8, 4) is 0 Å². The Hall–Kier alpha value is -2.50. The first-order valence-corrected chi connectivity index (χ1v) is 7.71. The first kappa shape index (κ1) is 16.4. The smallest absolute Gasteiger partial charge is 0.347 e. The second-order valence-corrected chi connectivity index (χ2v) is 5.73. The van der Waals surface area contributed by atoms with Crippen LogP contribution in [0.3, 0.4) is 0 Å². The van der Waals surface area contributed by atoms with E-state index in [9.17, 15) is 18.0 Å². The Balaban J connectivity index is 2.20. The fourth-order valence-electron chi connectivity index (χ4n) is 2.99. The van der Waals surface area contributed by atoms with Crippen LogP contribution in [0.5, 0.6) is 0 Å². The third-order valence-corrected chi connectivity index (χ3v) is 4.12. The number of rotatable bonds is 2. The molecule has 24 heavy (non-hydrogen) atoms. The summed E-state index contributed by atoms with van der Waals surface area (Å²) >= 11 is 0. The van der Waals surface area contributed by atoms with E-state index in [2.05, 4.69) is 5.32 Å². The Morgan fingerprint density at radius 2 is 1.88 bits per heavy atom. The van der Waals surface area contributed by atoms with Crippen molar-refractivity contribution in [2.24, 2.45) is 0 Å². The Morgan fingerprint density at radius 1 is 1.17 bits per heavy atom. The molecule has 2 aromatic carbocycles. The highest BCUT2D eigenvalue weighted by Crippen LogP contribution is 2.44. The van der Waals surface area contributed by atoms with Crippen LogP contribution in [0.2, 0.25) is 0 Å². The molecule has 1 heterocycles. The summed E-state index contributed by atoms with van der Waals surface area (Å²) in [5.74, 6) is -0.462. The number of benzene rings is 2. The standard InChI is InChI=1S/C18H17F3N2O/c1-2-12-8-9-15-14(10-12)17(18(19,20)21)23(11-16(24)22-15)13-6-4-3-5-7-13/h3-10,17H,2,11H2,1H3,(H,22,24). The number of nitrogens with one attached hydrogen (secondary N) is 1. The van der Waals surface area contributed by atoms with Crippen LogP contribution in [0.1, 0.15) is 24.1 Å². The summed E-state index contributed by atoms with van der Waals surface area (Å²) < 4.78 is 41.8. The average molecular weight is 334 g/mol. The van der Waals surface area contributed by atoms with Crippen LogP contribution in [0.4, 0.5) is 24.5 Å². The van der Waals surface area contributed by atoms with Crippen LogP contribution in [-0.4, -0.2) is 18.6 Å². The Kier molecular flexibility index (Phi) is 4.22. The second kappa shape index (κ2) is 6.19. The largest absolute Gasteiger partial charge is 0.413 e. The number of amides is 1. The third kappa shape index (κ3) is 3.09. The van der Waals surface area contributed by atoms with Gasteiger partial charge in [-0.3, -0.25) is 4.79 Å². The van der Waals surface area contributed by atoms with Crippen LogP contribution in [0.15, 0.2) is 48.5 Å². The van der Waals surface area contributed by atoms with Crippen LogP contribution in [0.25, 0.3) is 0 Å². The highest BCUT2D eigenvalue weighted by atomic mass is 19.4. The van der Waals surface area contributed by atoms with Gasteiger partial charge in [-0.2, -0.15) is 13.2 Å². The average Bonchev–Trinajstić information content (AvgIpc) is 2.70. The van der Waals surface area contributed by atoms with E-state index in [0.29, 0.717) is 12.1 Å². The maximum atomic E-state index is 13.9. The van der Waals surface area contributed by atoms with Crippen molar-refractivity contribution in [2.45, 2.75) is 25.6 Å². The molecule has 6 heteroatoms. The number of nitrogens with zero attached hydrogens (tertiary/aromatic N) is 1. The molecule has 3 rings (SSSR count). The van der Waals surface area contributed by atoms with E-state index in [1.54, 1.807) is 42.5 Å². The molecule has 1 unspecified atom stereocenters. The molecule has 1 N–H and O–H groups in total. The lowest BCUT2D eigenvalue weighted by atomic mass is 9.98. The molecule has 126 valence electrons. The molecule has 1 aliphatic heterocycles. The quantitative estimate of drug-likeness (QED) is 0.887. The van der Waals surface area contributed by atoms with Crippen molar-refractivity contribution in [3.63, 3.8) is 0 Å². The highest BCUT2D eigenvalue weighted by Gasteiger charge is 2.47. The van der Waals surface area contributed by atoms with E-state index in [0.717, 1.165) is 10.5 Å². The fraction of sp³-hybridized carbons (Fsp3) is 0.278. The zero-order valence-corrected chi connectivity index (χ0v) is 13.1. The molecule has 0 aromatic heterocycles. The van der Waals surface area contributed by atoms with Gasteiger partial charge < -0.3 is 10.2 Å². The fourth-order valence-corrected chi connectivity index (χ4v) is 2.99. The number of hydrogen-bond acceptors (Lipinski definition) is 2. The van der Waals surface area contributed by atoms with E-state index in [4.69, 9.17) is 0 Å². The molecule has 0 saturated carbocycles. The molecule has 0 radical (unpaired) electrons. The van der Waals surface area contributed by atoms with Crippen molar-refractivity contribution in [2.75, 3.05) is 16.8 Å². The number of carbonyl (C=O) groups is 1. The van der Waals surface area contributed by atoms with Crippen molar-refractivity contribution in [3.05, 3.63) is 59.7 Å². The minimum atomic E-state index is -4.51. The van der Waals surface area contributed by atoms with Crippen molar-refractivity contribution in [1.29, 1.82) is 0 Å². The number of fused-ring (bicyclic) bond motifs is 1. The summed E-state index contributed by atoms with van der Waals surface area (Å²) in [5, 5.41) is 2.59. The Morgan fingerprint density at radius 3 is 2.50 bits per heavy atom. The lowest BCUT2D eigenvalue weighted by molar-refractivity contribution is -0.150. The Labute approximate surface area is 138 Å². The van der Waals surface area contributed by atoms with Gasteiger partial charge in [0.05, 0.1) is 6.54 Å².